The number of nitriles is 1. The minimum atomic E-state index is -0.716. The van der Waals surface area contributed by atoms with Crippen molar-refractivity contribution in [3.63, 3.8) is 0 Å². The summed E-state index contributed by atoms with van der Waals surface area (Å²) in [5, 5.41) is 9.69. The molecule has 0 heterocycles. The van der Waals surface area contributed by atoms with E-state index in [-0.39, 0.29) is 46.5 Å². The van der Waals surface area contributed by atoms with Crippen molar-refractivity contribution in [1.29, 1.82) is 5.26 Å². The molecule has 0 atom stereocenters. The van der Waals surface area contributed by atoms with Gasteiger partial charge in [-0.05, 0) is 30.3 Å². The molecule has 3 rings (SSSR count). The largest absolute Gasteiger partial charge is 0.488 e. The summed E-state index contributed by atoms with van der Waals surface area (Å²) < 4.78 is 25.5. The molecular formula is C27H29ClFNO3. The molecule has 0 radical (unpaired) electrons. The summed E-state index contributed by atoms with van der Waals surface area (Å²) in [6.45, 7) is 8.44. The van der Waals surface area contributed by atoms with Crippen molar-refractivity contribution in [2.75, 3.05) is 20.3 Å². The fourth-order valence-electron chi connectivity index (χ4n) is 2.87. The fourth-order valence-corrected chi connectivity index (χ4v) is 3.09. The van der Waals surface area contributed by atoms with Crippen LogP contribution in [0.1, 0.15) is 49.2 Å². The van der Waals surface area contributed by atoms with Crippen LogP contribution in [0.3, 0.4) is 0 Å². The Hall–Kier alpha value is -3.20. The Bertz CT molecular complexity index is 1080. The van der Waals surface area contributed by atoms with E-state index in [9.17, 15) is 10.1 Å². The number of hydrogen-bond donors (Lipinski definition) is 0. The quantitative estimate of drug-likeness (QED) is 0.268. The summed E-state index contributed by atoms with van der Waals surface area (Å²) in [5.74, 6) is -0.965. The number of carbonyl (C=O) groups is 1. The lowest BCUT2D eigenvalue weighted by Gasteiger charge is -2.14. The van der Waals surface area contributed by atoms with Crippen molar-refractivity contribution >= 4 is 17.4 Å². The second-order valence-corrected chi connectivity index (χ2v) is 6.55. The van der Waals surface area contributed by atoms with Crippen molar-refractivity contribution in [3.8, 4) is 22.9 Å². The van der Waals surface area contributed by atoms with E-state index >= 15 is 4.39 Å². The van der Waals surface area contributed by atoms with Crippen LogP contribution in [0, 0.1) is 17.1 Å². The van der Waals surface area contributed by atoms with Gasteiger partial charge in [-0.1, -0.05) is 69.6 Å². The molecular weight excluding hydrogens is 441 g/mol. The molecule has 0 amide bonds. The van der Waals surface area contributed by atoms with Crippen molar-refractivity contribution in [3.05, 3.63) is 88.2 Å². The number of halogens is 2. The van der Waals surface area contributed by atoms with Gasteiger partial charge in [0, 0.05) is 34.4 Å². The fraction of sp³-hybridized carbons (Fsp3) is 0.259. The highest BCUT2D eigenvalue weighted by molar-refractivity contribution is 6.33. The lowest BCUT2D eigenvalue weighted by atomic mass is 9.95. The number of ether oxygens (including phenoxy) is 2. The smallest absolute Gasteiger partial charge is 0.193 e. The summed E-state index contributed by atoms with van der Waals surface area (Å²) in [7, 11) is 1.51. The Morgan fingerprint density at radius 2 is 1.64 bits per heavy atom. The second kappa shape index (κ2) is 14.8. The second-order valence-electron chi connectivity index (χ2n) is 6.14. The van der Waals surface area contributed by atoms with Crippen LogP contribution in [-0.2, 0) is 4.74 Å². The number of carbonyl (C=O) groups excluding carboxylic acids is 1. The van der Waals surface area contributed by atoms with Crippen LogP contribution in [0.4, 0.5) is 4.39 Å². The SMILES string of the molecule is CC.CC.COCCOc1ccc(C#N)c(-c2cc(C(=O)c3ccccc3)ccc2Cl)c1F. The standard InChI is InChI=1S/C23H17ClFNO3.2C2H6/c1-28-11-12-29-20-10-8-17(14-26)21(22(20)25)18-13-16(7-9-19(18)24)23(27)15-5-3-2-4-6-15;2*1-2/h2-10,13H,11-12H2,1H3;2*1-2H3. The topological polar surface area (TPSA) is 59.3 Å². The highest BCUT2D eigenvalue weighted by atomic mass is 35.5. The van der Waals surface area contributed by atoms with Crippen molar-refractivity contribution in [2.24, 2.45) is 0 Å². The Labute approximate surface area is 200 Å². The maximum atomic E-state index is 15.2. The van der Waals surface area contributed by atoms with Gasteiger partial charge in [0.05, 0.1) is 18.2 Å². The van der Waals surface area contributed by atoms with E-state index in [1.807, 2.05) is 39.8 Å². The zero-order chi connectivity index (χ0) is 24.8. The monoisotopic (exact) mass is 469 g/mol. The third-order valence-corrected chi connectivity index (χ3v) is 4.64. The van der Waals surface area contributed by atoms with E-state index < -0.39 is 5.82 Å². The van der Waals surface area contributed by atoms with Gasteiger partial charge in [-0.25, -0.2) is 4.39 Å². The molecule has 0 unspecified atom stereocenters. The molecule has 6 heteroatoms. The normalized spacial score (nSPS) is 9.52. The molecule has 0 aliphatic rings. The summed E-state index contributed by atoms with van der Waals surface area (Å²) in [5.41, 5.74) is 1.17. The summed E-state index contributed by atoms with van der Waals surface area (Å²) >= 11 is 6.31. The van der Waals surface area contributed by atoms with Gasteiger partial charge >= 0.3 is 0 Å². The van der Waals surface area contributed by atoms with Crippen LogP contribution in [0.2, 0.25) is 5.02 Å². The Balaban J connectivity index is 0.00000129. The molecule has 3 aromatic rings. The van der Waals surface area contributed by atoms with Crippen LogP contribution in [0.15, 0.2) is 60.7 Å². The Morgan fingerprint density at radius 3 is 2.24 bits per heavy atom. The number of hydrogen-bond acceptors (Lipinski definition) is 4. The van der Waals surface area contributed by atoms with Gasteiger partial charge in [-0.3, -0.25) is 4.79 Å². The number of benzene rings is 3. The van der Waals surface area contributed by atoms with Crippen molar-refractivity contribution < 1.29 is 18.7 Å². The highest BCUT2D eigenvalue weighted by Gasteiger charge is 2.20. The molecule has 0 saturated carbocycles. The van der Waals surface area contributed by atoms with E-state index in [0.29, 0.717) is 11.1 Å². The first-order valence-corrected chi connectivity index (χ1v) is 11.2. The molecule has 0 saturated heterocycles. The van der Waals surface area contributed by atoms with E-state index in [1.165, 1.54) is 31.4 Å². The zero-order valence-electron chi connectivity index (χ0n) is 19.6. The first kappa shape index (κ1) is 27.8. The molecule has 0 aromatic heterocycles. The predicted octanol–water partition coefficient (Wildman–Crippen LogP) is 7.33. The third kappa shape index (κ3) is 7.15. The van der Waals surface area contributed by atoms with E-state index in [4.69, 9.17) is 21.1 Å². The zero-order valence-corrected chi connectivity index (χ0v) is 20.4. The highest BCUT2D eigenvalue weighted by Crippen LogP contribution is 2.37. The van der Waals surface area contributed by atoms with Gasteiger partial charge < -0.3 is 9.47 Å². The minimum Gasteiger partial charge on any atom is -0.488 e. The summed E-state index contributed by atoms with van der Waals surface area (Å²) in [4.78, 5) is 12.8. The molecule has 3 aromatic carbocycles. The predicted molar refractivity (Wildman–Crippen MR) is 132 cm³/mol. The average Bonchev–Trinajstić information content (AvgIpc) is 2.88. The molecule has 0 spiro atoms. The maximum absolute atomic E-state index is 15.2. The summed E-state index contributed by atoms with van der Waals surface area (Å²) in [6, 6.07) is 18.1. The Morgan fingerprint density at radius 1 is 0.970 bits per heavy atom. The molecule has 0 fully saturated rings. The molecule has 0 N–H and O–H groups in total. The molecule has 0 bridgehead atoms. The van der Waals surface area contributed by atoms with Crippen LogP contribution < -0.4 is 4.74 Å². The van der Waals surface area contributed by atoms with Crippen LogP contribution in [0.25, 0.3) is 11.1 Å². The van der Waals surface area contributed by atoms with Crippen molar-refractivity contribution in [2.45, 2.75) is 27.7 Å². The molecule has 33 heavy (non-hydrogen) atoms. The lowest BCUT2D eigenvalue weighted by molar-refractivity contribution is 0.103. The average molecular weight is 470 g/mol. The van der Waals surface area contributed by atoms with E-state index in [0.717, 1.165) is 0 Å². The van der Waals surface area contributed by atoms with Crippen LogP contribution in [-0.4, -0.2) is 26.1 Å². The van der Waals surface area contributed by atoms with Gasteiger partial charge in [-0.2, -0.15) is 5.26 Å². The molecule has 0 aliphatic heterocycles. The summed E-state index contributed by atoms with van der Waals surface area (Å²) in [6.07, 6.45) is 0. The Kier molecular flexibility index (Phi) is 12.5. The first-order valence-electron chi connectivity index (χ1n) is 10.8. The number of ketones is 1. The minimum absolute atomic E-state index is 0.00451. The van der Waals surface area contributed by atoms with E-state index in [2.05, 4.69) is 0 Å². The van der Waals surface area contributed by atoms with E-state index in [1.54, 1.807) is 30.3 Å². The lowest BCUT2D eigenvalue weighted by Crippen LogP contribution is -2.07. The first-order chi connectivity index (χ1) is 16.1. The van der Waals surface area contributed by atoms with Gasteiger partial charge in [0.25, 0.3) is 0 Å². The van der Waals surface area contributed by atoms with Gasteiger partial charge in [0.2, 0.25) is 0 Å². The number of methoxy groups -OCH3 is 1. The molecule has 0 aliphatic carbocycles. The maximum Gasteiger partial charge on any atom is 0.193 e. The van der Waals surface area contributed by atoms with Crippen molar-refractivity contribution in [1.82, 2.24) is 0 Å². The third-order valence-electron chi connectivity index (χ3n) is 4.31. The number of nitrogens with zero attached hydrogens (tertiary/aromatic N) is 1. The van der Waals surface area contributed by atoms with Gasteiger partial charge in [-0.15, -0.1) is 0 Å². The van der Waals surface area contributed by atoms with Crippen LogP contribution in [0.5, 0.6) is 5.75 Å². The van der Waals surface area contributed by atoms with Crippen LogP contribution >= 0.6 is 11.6 Å². The molecule has 4 nitrogen and oxygen atoms in total. The molecule has 174 valence electrons. The van der Waals surface area contributed by atoms with Gasteiger partial charge in [0.1, 0.15) is 6.61 Å². The van der Waals surface area contributed by atoms with Gasteiger partial charge in [0.15, 0.2) is 17.3 Å². The number of rotatable bonds is 7.